The van der Waals surface area contributed by atoms with Gasteiger partial charge in [0.25, 0.3) is 0 Å². The maximum atomic E-state index is 5.83. The minimum Gasteiger partial charge on any atom is -0.477 e. The highest BCUT2D eigenvalue weighted by atomic mass is 35.5. The predicted molar refractivity (Wildman–Crippen MR) is 60.0 cm³/mol. The van der Waals surface area contributed by atoms with Gasteiger partial charge in [-0.25, -0.2) is 4.98 Å². The summed E-state index contributed by atoms with van der Waals surface area (Å²) in [6, 6.07) is 1.59. The lowest BCUT2D eigenvalue weighted by atomic mass is 10.3. The van der Waals surface area contributed by atoms with Crippen molar-refractivity contribution in [2.24, 2.45) is 0 Å². The van der Waals surface area contributed by atoms with Gasteiger partial charge in [-0.1, -0.05) is 18.5 Å². The first kappa shape index (κ1) is 11.8. The molecule has 1 aromatic heterocycles. The van der Waals surface area contributed by atoms with E-state index in [0.717, 1.165) is 12.8 Å². The first-order valence-corrected chi connectivity index (χ1v) is 5.23. The standard InChI is InChI=1S/C11H13ClN2O/c1-3-5-7-15-11-8-9(12)13-10(14-11)6-4-2/h1,8H,4-7H2,2H3. The van der Waals surface area contributed by atoms with Crippen LogP contribution in [0.5, 0.6) is 5.88 Å². The minimum atomic E-state index is 0.407. The van der Waals surface area contributed by atoms with Gasteiger partial charge in [0.05, 0.1) is 0 Å². The second kappa shape index (κ2) is 6.26. The summed E-state index contributed by atoms with van der Waals surface area (Å²) in [7, 11) is 0. The molecule has 0 aliphatic rings. The first-order valence-electron chi connectivity index (χ1n) is 4.86. The Labute approximate surface area is 94.8 Å². The second-order valence-electron chi connectivity index (χ2n) is 3.00. The summed E-state index contributed by atoms with van der Waals surface area (Å²) in [4.78, 5) is 8.29. The van der Waals surface area contributed by atoms with Crippen molar-refractivity contribution in [2.45, 2.75) is 26.2 Å². The summed E-state index contributed by atoms with van der Waals surface area (Å²) in [6.07, 6.45) is 7.45. The third-order valence-electron chi connectivity index (χ3n) is 1.69. The summed E-state index contributed by atoms with van der Waals surface area (Å²) in [5.41, 5.74) is 0. The van der Waals surface area contributed by atoms with Crippen molar-refractivity contribution in [1.29, 1.82) is 0 Å². The quantitative estimate of drug-likeness (QED) is 0.438. The Bertz CT molecular complexity index is 360. The van der Waals surface area contributed by atoms with Crippen LogP contribution in [-0.2, 0) is 6.42 Å². The summed E-state index contributed by atoms with van der Waals surface area (Å²) in [5, 5.41) is 0.407. The minimum absolute atomic E-state index is 0.407. The molecule has 3 nitrogen and oxygen atoms in total. The largest absolute Gasteiger partial charge is 0.477 e. The molecule has 15 heavy (non-hydrogen) atoms. The van der Waals surface area contributed by atoms with Crippen molar-refractivity contribution < 1.29 is 4.74 Å². The molecule has 0 aliphatic heterocycles. The van der Waals surface area contributed by atoms with Crippen LogP contribution >= 0.6 is 11.6 Å². The number of aryl methyl sites for hydroxylation is 1. The van der Waals surface area contributed by atoms with Crippen LogP contribution in [0.2, 0.25) is 5.15 Å². The van der Waals surface area contributed by atoms with Crippen molar-refractivity contribution in [2.75, 3.05) is 6.61 Å². The summed E-state index contributed by atoms with van der Waals surface area (Å²) < 4.78 is 5.34. The molecule has 0 aliphatic carbocycles. The van der Waals surface area contributed by atoms with Gasteiger partial charge in [-0.05, 0) is 6.42 Å². The van der Waals surface area contributed by atoms with Crippen LogP contribution in [0.25, 0.3) is 0 Å². The van der Waals surface area contributed by atoms with Crippen LogP contribution in [0.3, 0.4) is 0 Å². The first-order chi connectivity index (χ1) is 7.26. The molecule has 0 amide bonds. The molecule has 0 atom stereocenters. The van der Waals surface area contributed by atoms with E-state index in [9.17, 15) is 0 Å². The van der Waals surface area contributed by atoms with E-state index in [4.69, 9.17) is 22.8 Å². The summed E-state index contributed by atoms with van der Waals surface area (Å²) in [6.45, 7) is 2.51. The topological polar surface area (TPSA) is 35.0 Å². The Morgan fingerprint density at radius 2 is 2.33 bits per heavy atom. The average molecular weight is 225 g/mol. The number of rotatable bonds is 5. The number of terminal acetylenes is 1. The molecule has 0 spiro atoms. The van der Waals surface area contributed by atoms with Crippen molar-refractivity contribution in [3.05, 3.63) is 17.0 Å². The lowest BCUT2D eigenvalue weighted by molar-refractivity contribution is 0.312. The lowest BCUT2D eigenvalue weighted by Gasteiger charge is -2.05. The smallest absolute Gasteiger partial charge is 0.218 e. The number of aromatic nitrogens is 2. The average Bonchev–Trinajstić information content (AvgIpc) is 2.18. The van der Waals surface area contributed by atoms with E-state index in [-0.39, 0.29) is 0 Å². The lowest BCUT2D eigenvalue weighted by Crippen LogP contribution is -2.02. The number of halogens is 1. The second-order valence-corrected chi connectivity index (χ2v) is 3.38. The Morgan fingerprint density at radius 1 is 1.53 bits per heavy atom. The maximum Gasteiger partial charge on any atom is 0.218 e. The Hall–Kier alpha value is -1.27. The molecule has 0 saturated carbocycles. The predicted octanol–water partition coefficient (Wildman–Crippen LogP) is 2.48. The third-order valence-corrected chi connectivity index (χ3v) is 1.88. The van der Waals surface area contributed by atoms with E-state index in [1.165, 1.54) is 0 Å². The SMILES string of the molecule is C#CCCOc1cc(Cl)nc(CCC)n1. The highest BCUT2D eigenvalue weighted by molar-refractivity contribution is 6.29. The molecular formula is C11H13ClN2O. The van der Waals surface area contributed by atoms with Gasteiger partial charge in [0.1, 0.15) is 17.6 Å². The fourth-order valence-electron chi connectivity index (χ4n) is 1.07. The zero-order valence-corrected chi connectivity index (χ0v) is 9.42. The van der Waals surface area contributed by atoms with E-state index in [0.29, 0.717) is 29.9 Å². The maximum absolute atomic E-state index is 5.83. The fraction of sp³-hybridized carbons (Fsp3) is 0.455. The van der Waals surface area contributed by atoms with Crippen LogP contribution in [0, 0.1) is 12.3 Å². The van der Waals surface area contributed by atoms with Crippen LogP contribution < -0.4 is 4.74 Å². The number of hydrogen-bond acceptors (Lipinski definition) is 3. The third kappa shape index (κ3) is 4.18. The van der Waals surface area contributed by atoms with E-state index < -0.39 is 0 Å². The van der Waals surface area contributed by atoms with Crippen molar-refractivity contribution in [3.63, 3.8) is 0 Å². The molecule has 0 N–H and O–H groups in total. The van der Waals surface area contributed by atoms with Gasteiger partial charge < -0.3 is 4.74 Å². The van der Waals surface area contributed by atoms with Gasteiger partial charge in [0.2, 0.25) is 5.88 Å². The molecule has 1 aromatic rings. The van der Waals surface area contributed by atoms with E-state index in [1.54, 1.807) is 6.07 Å². The zero-order valence-electron chi connectivity index (χ0n) is 8.66. The Kier molecular flexibility index (Phi) is 4.92. The summed E-state index contributed by atoms with van der Waals surface area (Å²) >= 11 is 5.83. The van der Waals surface area contributed by atoms with Gasteiger partial charge in [-0.3, -0.25) is 0 Å². The van der Waals surface area contributed by atoms with Gasteiger partial charge in [0.15, 0.2) is 0 Å². The molecular weight excluding hydrogens is 212 g/mol. The zero-order chi connectivity index (χ0) is 11.1. The van der Waals surface area contributed by atoms with Crippen LogP contribution in [-0.4, -0.2) is 16.6 Å². The van der Waals surface area contributed by atoms with Crippen LogP contribution in [0.4, 0.5) is 0 Å². The molecule has 0 unspecified atom stereocenters. The number of hydrogen-bond donors (Lipinski definition) is 0. The molecule has 4 heteroatoms. The van der Waals surface area contributed by atoms with Crippen molar-refractivity contribution in [1.82, 2.24) is 9.97 Å². The molecule has 0 radical (unpaired) electrons. The Balaban J connectivity index is 2.67. The van der Waals surface area contributed by atoms with Crippen LogP contribution in [0.1, 0.15) is 25.6 Å². The van der Waals surface area contributed by atoms with Gasteiger partial charge >= 0.3 is 0 Å². The Morgan fingerprint density at radius 3 is 3.00 bits per heavy atom. The van der Waals surface area contributed by atoms with Crippen molar-refractivity contribution >= 4 is 11.6 Å². The molecule has 0 aromatic carbocycles. The van der Waals surface area contributed by atoms with E-state index in [2.05, 4.69) is 22.8 Å². The molecule has 0 fully saturated rings. The normalized spacial score (nSPS) is 9.67. The summed E-state index contributed by atoms with van der Waals surface area (Å²) in [5.74, 6) is 3.69. The van der Waals surface area contributed by atoms with Gasteiger partial charge in [0, 0.05) is 18.9 Å². The highest BCUT2D eigenvalue weighted by Crippen LogP contribution is 2.14. The number of ether oxygens (including phenoxy) is 1. The molecule has 80 valence electrons. The molecule has 1 rings (SSSR count). The number of nitrogens with zero attached hydrogens (tertiary/aromatic N) is 2. The monoisotopic (exact) mass is 224 g/mol. The van der Waals surface area contributed by atoms with Crippen molar-refractivity contribution in [3.8, 4) is 18.2 Å². The van der Waals surface area contributed by atoms with E-state index >= 15 is 0 Å². The molecule has 0 bridgehead atoms. The van der Waals surface area contributed by atoms with Crippen LogP contribution in [0.15, 0.2) is 6.07 Å². The fourth-order valence-corrected chi connectivity index (χ4v) is 1.26. The van der Waals surface area contributed by atoms with Gasteiger partial charge in [-0.2, -0.15) is 4.98 Å². The molecule has 1 heterocycles. The van der Waals surface area contributed by atoms with Gasteiger partial charge in [-0.15, -0.1) is 12.3 Å². The molecule has 0 saturated heterocycles. The van der Waals surface area contributed by atoms with E-state index in [1.807, 2.05) is 0 Å². The highest BCUT2D eigenvalue weighted by Gasteiger charge is 2.03.